The smallest absolute Gasteiger partial charge is 0.276 e. The first kappa shape index (κ1) is 12.6. The Morgan fingerprint density at radius 3 is 2.69 bits per heavy atom. The third-order valence-corrected chi connectivity index (χ3v) is 2.52. The van der Waals surface area contributed by atoms with E-state index >= 15 is 0 Å². The third-order valence-electron chi connectivity index (χ3n) is 2.52. The highest BCUT2D eigenvalue weighted by molar-refractivity contribution is 5.53. The summed E-state index contributed by atoms with van der Waals surface area (Å²) in [6, 6.07) is 5.26. The monoisotopic (exact) mass is 222 g/mol. The molecule has 0 unspecified atom stereocenters. The summed E-state index contributed by atoms with van der Waals surface area (Å²) in [5.41, 5.74) is 1.41. The second-order valence-corrected chi connectivity index (χ2v) is 3.76. The molecule has 1 aromatic carbocycles. The van der Waals surface area contributed by atoms with Crippen molar-refractivity contribution in [2.75, 3.05) is 6.61 Å². The van der Waals surface area contributed by atoms with Crippen LogP contribution >= 0.6 is 0 Å². The number of hydrogen-bond acceptors (Lipinski definition) is 3. The molecule has 4 nitrogen and oxygen atoms in total. The molecule has 0 aliphatic rings. The van der Waals surface area contributed by atoms with Crippen LogP contribution in [0.1, 0.15) is 31.4 Å². The Morgan fingerprint density at radius 2 is 2.19 bits per heavy atom. The molecule has 1 N–H and O–H groups in total. The Kier molecular flexibility index (Phi) is 4.43. The van der Waals surface area contributed by atoms with E-state index in [-0.39, 0.29) is 17.2 Å². The maximum absolute atomic E-state index is 11.0. The highest BCUT2D eigenvalue weighted by Gasteiger charge is 2.22. The van der Waals surface area contributed by atoms with E-state index in [1.807, 2.05) is 6.92 Å². The third kappa shape index (κ3) is 2.58. The van der Waals surface area contributed by atoms with Gasteiger partial charge in [0.15, 0.2) is 0 Å². The predicted molar refractivity (Wildman–Crippen MR) is 62.2 cm³/mol. The van der Waals surface area contributed by atoms with Crippen molar-refractivity contribution in [2.45, 2.75) is 26.7 Å². The molecule has 1 aromatic rings. The largest absolute Gasteiger partial charge is 0.395 e. The molecule has 0 bridgehead atoms. The maximum Gasteiger partial charge on any atom is 0.276 e. The van der Waals surface area contributed by atoms with Crippen LogP contribution in [0.25, 0.3) is 0 Å². The Morgan fingerprint density at radius 1 is 1.50 bits per heavy atom. The van der Waals surface area contributed by atoms with Gasteiger partial charge in [-0.3, -0.25) is 10.1 Å². The molecule has 0 aromatic heterocycles. The van der Waals surface area contributed by atoms with Crippen LogP contribution in [-0.2, 0) is 6.42 Å². The van der Waals surface area contributed by atoms with Gasteiger partial charge >= 0.3 is 0 Å². The number of hydrogen-bond donors (Lipinski definition) is 1. The van der Waals surface area contributed by atoms with Gasteiger partial charge < -0.3 is 5.11 Å². The molecule has 4 heteroatoms. The fourth-order valence-corrected chi connectivity index (χ4v) is 1.71. The molecule has 0 saturated heterocycles. The molecule has 0 spiro atoms. The Bertz CT molecular complexity index is 377. The van der Waals surface area contributed by atoms with E-state index in [0.717, 1.165) is 12.0 Å². The van der Waals surface area contributed by atoms with Crippen LogP contribution in [-0.4, -0.2) is 16.6 Å². The predicted octanol–water partition coefficient (Wildman–Crippen LogP) is 2.48. The van der Waals surface area contributed by atoms with E-state index in [9.17, 15) is 10.1 Å². The average molecular weight is 222 g/mol. The standard InChI is InChI=1S/C12H16NO3/c1-3-5-10-6-4-7-11(9(2)8-14)12(10)13(15)16/h4,6-7,14H,3,5,8H2,1-2H3. The van der Waals surface area contributed by atoms with Gasteiger partial charge in [-0.15, -0.1) is 0 Å². The van der Waals surface area contributed by atoms with Gasteiger partial charge in [-0.1, -0.05) is 38.5 Å². The van der Waals surface area contributed by atoms with Gasteiger partial charge in [-0.2, -0.15) is 0 Å². The molecule has 0 amide bonds. The van der Waals surface area contributed by atoms with E-state index in [4.69, 9.17) is 5.11 Å². The number of aliphatic hydroxyl groups is 1. The lowest BCUT2D eigenvalue weighted by Gasteiger charge is -2.11. The minimum Gasteiger partial charge on any atom is -0.395 e. The number of benzene rings is 1. The molecule has 1 radical (unpaired) electrons. The number of nitrogens with zero attached hydrogens (tertiary/aromatic N) is 1. The Hall–Kier alpha value is -1.42. The van der Waals surface area contributed by atoms with Crippen molar-refractivity contribution < 1.29 is 10.0 Å². The number of para-hydroxylation sites is 1. The lowest BCUT2D eigenvalue weighted by Crippen LogP contribution is -2.06. The van der Waals surface area contributed by atoms with Crippen molar-refractivity contribution in [3.63, 3.8) is 0 Å². The molecule has 87 valence electrons. The summed E-state index contributed by atoms with van der Waals surface area (Å²) >= 11 is 0. The number of rotatable bonds is 5. The molecule has 16 heavy (non-hydrogen) atoms. The SMILES string of the molecule is CCCc1cccc([C](C)CO)c1[N+](=O)[O-]. The summed E-state index contributed by atoms with van der Waals surface area (Å²) in [6.07, 6.45) is 1.55. The van der Waals surface area contributed by atoms with Crippen LogP contribution < -0.4 is 0 Å². The van der Waals surface area contributed by atoms with Gasteiger partial charge in [-0.25, -0.2) is 0 Å². The summed E-state index contributed by atoms with van der Waals surface area (Å²) in [7, 11) is 0. The van der Waals surface area contributed by atoms with Crippen molar-refractivity contribution >= 4 is 5.69 Å². The van der Waals surface area contributed by atoms with E-state index < -0.39 is 0 Å². The minimum atomic E-state index is -0.362. The van der Waals surface area contributed by atoms with Gasteiger partial charge in [0.05, 0.1) is 11.5 Å². The van der Waals surface area contributed by atoms with Crippen molar-refractivity contribution in [2.24, 2.45) is 0 Å². The zero-order valence-electron chi connectivity index (χ0n) is 9.56. The minimum absolute atomic E-state index is 0.135. The topological polar surface area (TPSA) is 63.4 Å². The highest BCUT2D eigenvalue weighted by atomic mass is 16.6. The van der Waals surface area contributed by atoms with Gasteiger partial charge in [-0.05, 0) is 6.42 Å². The van der Waals surface area contributed by atoms with Crippen molar-refractivity contribution in [3.05, 3.63) is 45.4 Å². The van der Waals surface area contributed by atoms with Crippen molar-refractivity contribution in [1.82, 2.24) is 0 Å². The van der Waals surface area contributed by atoms with Crippen molar-refractivity contribution in [3.8, 4) is 0 Å². The molecule has 0 heterocycles. The first-order chi connectivity index (χ1) is 7.61. The molecule has 0 aliphatic carbocycles. The first-order valence-corrected chi connectivity index (χ1v) is 5.31. The van der Waals surface area contributed by atoms with Crippen LogP contribution in [0, 0.1) is 16.0 Å². The lowest BCUT2D eigenvalue weighted by molar-refractivity contribution is -0.386. The maximum atomic E-state index is 11.0. The first-order valence-electron chi connectivity index (χ1n) is 5.31. The van der Waals surface area contributed by atoms with Crippen LogP contribution in [0.15, 0.2) is 18.2 Å². The molecule has 0 fully saturated rings. The molecular formula is C12H16NO3. The van der Waals surface area contributed by atoms with E-state index in [2.05, 4.69) is 0 Å². The Labute approximate surface area is 95.1 Å². The zero-order chi connectivity index (χ0) is 12.1. The second kappa shape index (κ2) is 5.61. The summed E-state index contributed by atoms with van der Waals surface area (Å²) in [4.78, 5) is 10.7. The van der Waals surface area contributed by atoms with Crippen LogP contribution in [0.5, 0.6) is 0 Å². The van der Waals surface area contributed by atoms with Crippen LogP contribution in [0.3, 0.4) is 0 Å². The summed E-state index contributed by atoms with van der Waals surface area (Å²) in [5, 5.41) is 20.1. The van der Waals surface area contributed by atoms with Gasteiger partial charge in [0.25, 0.3) is 5.69 Å². The molecule has 0 saturated carbocycles. The number of aryl methyl sites for hydroxylation is 1. The van der Waals surface area contributed by atoms with Crippen molar-refractivity contribution in [1.29, 1.82) is 0 Å². The van der Waals surface area contributed by atoms with Gasteiger partial charge in [0.2, 0.25) is 0 Å². The van der Waals surface area contributed by atoms with Crippen LogP contribution in [0.2, 0.25) is 0 Å². The van der Waals surface area contributed by atoms with E-state index in [1.54, 1.807) is 25.1 Å². The van der Waals surface area contributed by atoms with E-state index in [0.29, 0.717) is 17.9 Å². The highest BCUT2D eigenvalue weighted by Crippen LogP contribution is 2.30. The number of aliphatic hydroxyl groups excluding tert-OH is 1. The zero-order valence-corrected chi connectivity index (χ0v) is 9.56. The summed E-state index contributed by atoms with van der Waals surface area (Å²) in [6.45, 7) is 3.54. The van der Waals surface area contributed by atoms with Crippen LogP contribution in [0.4, 0.5) is 5.69 Å². The fraction of sp³-hybridized carbons (Fsp3) is 0.417. The quantitative estimate of drug-likeness (QED) is 0.615. The van der Waals surface area contributed by atoms with E-state index in [1.165, 1.54) is 0 Å². The lowest BCUT2D eigenvalue weighted by atomic mass is 9.95. The van der Waals surface area contributed by atoms with Gasteiger partial charge in [0, 0.05) is 17.0 Å². The summed E-state index contributed by atoms with van der Waals surface area (Å²) in [5.74, 6) is 0.629. The average Bonchev–Trinajstić information content (AvgIpc) is 2.27. The number of nitro benzene ring substituents is 1. The second-order valence-electron chi connectivity index (χ2n) is 3.76. The Balaban J connectivity index is 3.26. The summed E-state index contributed by atoms with van der Waals surface area (Å²) < 4.78 is 0. The fourth-order valence-electron chi connectivity index (χ4n) is 1.71. The molecule has 1 rings (SSSR count). The normalized spacial score (nSPS) is 10.8. The number of nitro groups is 1. The molecule has 0 atom stereocenters. The van der Waals surface area contributed by atoms with Gasteiger partial charge in [0.1, 0.15) is 0 Å². The molecular weight excluding hydrogens is 206 g/mol. The molecule has 0 aliphatic heterocycles.